The predicted octanol–water partition coefficient (Wildman–Crippen LogP) is 4.66. The molecule has 0 aromatic heterocycles. The first kappa shape index (κ1) is 20.5. The zero-order chi connectivity index (χ0) is 20.1. The van der Waals surface area contributed by atoms with Crippen LogP contribution in [-0.2, 0) is 16.1 Å². The summed E-state index contributed by atoms with van der Waals surface area (Å²) < 4.78 is 18.2. The van der Waals surface area contributed by atoms with Gasteiger partial charge in [-0.15, -0.1) is 0 Å². The van der Waals surface area contributed by atoms with Gasteiger partial charge in [-0.3, -0.25) is 14.4 Å². The van der Waals surface area contributed by atoms with Gasteiger partial charge in [-0.25, -0.2) is 4.39 Å². The number of hydrogen-bond acceptors (Lipinski definition) is 4. The highest BCUT2D eigenvalue weighted by atomic mass is 19.1. The lowest BCUT2D eigenvalue weighted by Gasteiger charge is -2.16. The lowest BCUT2D eigenvalue weighted by Crippen LogP contribution is -2.11. The van der Waals surface area contributed by atoms with Gasteiger partial charge in [0, 0.05) is 17.5 Å². The van der Waals surface area contributed by atoms with E-state index in [9.17, 15) is 18.8 Å². The maximum atomic E-state index is 12.9. The third-order valence-electron chi connectivity index (χ3n) is 4.58. The fourth-order valence-electron chi connectivity index (χ4n) is 3.21. The van der Waals surface area contributed by atoms with Crippen molar-refractivity contribution in [3.8, 4) is 0 Å². The fourth-order valence-corrected chi connectivity index (χ4v) is 3.21. The second-order valence-corrected chi connectivity index (χ2v) is 6.64. The van der Waals surface area contributed by atoms with Gasteiger partial charge >= 0.3 is 5.97 Å². The summed E-state index contributed by atoms with van der Waals surface area (Å²) in [4.78, 5) is 35.9. The van der Waals surface area contributed by atoms with Gasteiger partial charge < -0.3 is 4.74 Å². The predicted molar refractivity (Wildman–Crippen MR) is 100 cm³/mol. The molecule has 0 N–H and O–H groups in total. The molecule has 2 aromatic carbocycles. The molecule has 5 heteroatoms. The Morgan fingerprint density at radius 3 is 2.19 bits per heavy atom. The summed E-state index contributed by atoms with van der Waals surface area (Å²) in [5.41, 5.74) is 4.49. The van der Waals surface area contributed by atoms with E-state index in [1.54, 1.807) is 0 Å². The number of rotatable bonds is 7. The Morgan fingerprint density at radius 2 is 1.59 bits per heavy atom. The van der Waals surface area contributed by atoms with E-state index in [0.717, 1.165) is 22.3 Å². The van der Waals surface area contributed by atoms with Crippen LogP contribution in [0.15, 0.2) is 30.3 Å². The highest BCUT2D eigenvalue weighted by Gasteiger charge is 2.16. The molecule has 0 fully saturated rings. The number of carbonyl (C=O) groups is 3. The molecule has 0 aliphatic heterocycles. The summed E-state index contributed by atoms with van der Waals surface area (Å²) in [6.07, 6.45) is -0.0608. The smallest absolute Gasteiger partial charge is 0.306 e. The van der Waals surface area contributed by atoms with Crippen LogP contribution in [0.5, 0.6) is 0 Å². The molecule has 0 atom stereocenters. The Hall–Kier alpha value is -2.82. The lowest BCUT2D eigenvalue weighted by atomic mass is 9.92. The number of halogens is 1. The van der Waals surface area contributed by atoms with Crippen molar-refractivity contribution in [1.29, 1.82) is 0 Å². The number of ether oxygens (including phenoxy) is 1. The maximum absolute atomic E-state index is 12.9. The van der Waals surface area contributed by atoms with Gasteiger partial charge in [-0.2, -0.15) is 0 Å². The molecule has 2 rings (SSSR count). The molecule has 4 nitrogen and oxygen atoms in total. The molecule has 0 radical (unpaired) electrons. The SMILES string of the molecule is CC(=O)c1c(C)cc(C)c(COC(=O)CCC(=O)c2ccc(F)cc2)c1C. The largest absolute Gasteiger partial charge is 0.461 e. The minimum atomic E-state index is -0.491. The van der Waals surface area contributed by atoms with Crippen molar-refractivity contribution in [3.05, 3.63) is 69.5 Å². The first-order chi connectivity index (χ1) is 12.7. The summed E-state index contributed by atoms with van der Waals surface area (Å²) >= 11 is 0. The Morgan fingerprint density at radius 1 is 0.963 bits per heavy atom. The molecular weight excluding hydrogens is 347 g/mol. The first-order valence-corrected chi connectivity index (χ1v) is 8.75. The molecule has 0 amide bonds. The number of carbonyl (C=O) groups excluding carboxylic acids is 3. The van der Waals surface area contributed by atoms with Crippen molar-refractivity contribution in [1.82, 2.24) is 0 Å². The van der Waals surface area contributed by atoms with Gasteiger partial charge in [-0.05, 0) is 74.2 Å². The van der Waals surface area contributed by atoms with Gasteiger partial charge in [-0.1, -0.05) is 6.07 Å². The van der Waals surface area contributed by atoms with Gasteiger partial charge in [0.25, 0.3) is 0 Å². The molecule has 142 valence electrons. The monoisotopic (exact) mass is 370 g/mol. The number of Topliss-reactive ketones (excluding diaryl/α,β-unsaturated/α-hetero) is 2. The van der Waals surface area contributed by atoms with Gasteiger partial charge in [0.15, 0.2) is 11.6 Å². The number of hydrogen-bond donors (Lipinski definition) is 0. The first-order valence-electron chi connectivity index (χ1n) is 8.75. The van der Waals surface area contributed by atoms with E-state index in [2.05, 4.69) is 0 Å². The standard InChI is InChI=1S/C22H23FO4/c1-13-11-14(2)22(16(4)24)15(3)19(13)12-27-21(26)10-9-20(25)17-5-7-18(23)8-6-17/h5-8,11H,9-10,12H2,1-4H3. The Balaban J connectivity index is 1.98. The molecule has 0 bridgehead atoms. The lowest BCUT2D eigenvalue weighted by molar-refractivity contribution is -0.144. The van der Waals surface area contributed by atoms with Gasteiger partial charge in [0.1, 0.15) is 12.4 Å². The topological polar surface area (TPSA) is 60.4 Å². The number of esters is 1. The zero-order valence-electron chi connectivity index (χ0n) is 16.0. The molecule has 0 spiro atoms. The van der Waals surface area contributed by atoms with Crippen molar-refractivity contribution >= 4 is 17.5 Å². The Labute approximate surface area is 158 Å². The maximum Gasteiger partial charge on any atom is 0.306 e. The van der Waals surface area contributed by atoms with E-state index >= 15 is 0 Å². The number of aryl methyl sites for hydroxylation is 2. The summed E-state index contributed by atoms with van der Waals surface area (Å²) in [6, 6.07) is 7.11. The molecule has 27 heavy (non-hydrogen) atoms. The summed E-state index contributed by atoms with van der Waals surface area (Å²) in [6.45, 7) is 7.21. The normalized spacial score (nSPS) is 10.6. The molecule has 0 saturated carbocycles. The molecule has 0 unspecified atom stereocenters. The minimum absolute atomic E-state index is 0.00494. The van der Waals surface area contributed by atoms with E-state index in [1.165, 1.54) is 31.2 Å². The van der Waals surface area contributed by atoms with Crippen LogP contribution < -0.4 is 0 Å². The molecule has 0 aliphatic rings. The van der Waals surface area contributed by atoms with Crippen molar-refractivity contribution in [3.63, 3.8) is 0 Å². The highest BCUT2D eigenvalue weighted by Crippen LogP contribution is 2.24. The second kappa shape index (κ2) is 8.71. The quantitative estimate of drug-likeness (QED) is 0.525. The van der Waals surface area contributed by atoms with Crippen LogP contribution in [0.4, 0.5) is 4.39 Å². The summed E-state index contributed by atoms with van der Waals surface area (Å²) in [5.74, 6) is -1.18. The molecule has 0 aliphatic carbocycles. The van der Waals surface area contributed by atoms with Crippen molar-refractivity contribution < 1.29 is 23.5 Å². The molecule has 0 saturated heterocycles. The fraction of sp³-hybridized carbons (Fsp3) is 0.318. The minimum Gasteiger partial charge on any atom is -0.461 e. The van der Waals surface area contributed by atoms with E-state index in [4.69, 9.17) is 4.74 Å². The average Bonchev–Trinajstić information content (AvgIpc) is 2.59. The van der Waals surface area contributed by atoms with Crippen LogP contribution in [-0.4, -0.2) is 17.5 Å². The van der Waals surface area contributed by atoms with E-state index in [1.807, 2.05) is 26.8 Å². The second-order valence-electron chi connectivity index (χ2n) is 6.64. The van der Waals surface area contributed by atoms with Crippen LogP contribution >= 0.6 is 0 Å². The van der Waals surface area contributed by atoms with Crippen LogP contribution in [0.1, 0.15) is 62.7 Å². The van der Waals surface area contributed by atoms with Gasteiger partial charge in [0.2, 0.25) is 0 Å². The highest BCUT2D eigenvalue weighted by molar-refractivity contribution is 5.98. The summed E-state index contributed by atoms with van der Waals surface area (Å²) in [7, 11) is 0. The van der Waals surface area contributed by atoms with Crippen molar-refractivity contribution in [2.45, 2.75) is 47.1 Å². The molecular formula is C22H23FO4. The molecule has 0 heterocycles. The average molecular weight is 370 g/mol. The van der Waals surface area contributed by atoms with Gasteiger partial charge in [0.05, 0.1) is 6.42 Å². The molecule has 2 aromatic rings. The van der Waals surface area contributed by atoms with Crippen LogP contribution in [0.25, 0.3) is 0 Å². The van der Waals surface area contributed by atoms with Crippen molar-refractivity contribution in [2.75, 3.05) is 0 Å². The zero-order valence-corrected chi connectivity index (χ0v) is 16.0. The summed E-state index contributed by atoms with van der Waals surface area (Å²) in [5, 5.41) is 0. The van der Waals surface area contributed by atoms with E-state index in [-0.39, 0.29) is 31.0 Å². The van der Waals surface area contributed by atoms with Crippen molar-refractivity contribution in [2.24, 2.45) is 0 Å². The van der Waals surface area contributed by atoms with Crippen LogP contribution in [0, 0.1) is 26.6 Å². The number of ketones is 2. The Bertz CT molecular complexity index is 882. The Kier molecular flexibility index (Phi) is 6.61. The van der Waals surface area contributed by atoms with Crippen LogP contribution in [0.3, 0.4) is 0 Å². The number of benzene rings is 2. The van der Waals surface area contributed by atoms with E-state index in [0.29, 0.717) is 11.1 Å². The van der Waals surface area contributed by atoms with E-state index < -0.39 is 11.8 Å². The third-order valence-corrected chi connectivity index (χ3v) is 4.58. The van der Waals surface area contributed by atoms with Crippen LogP contribution in [0.2, 0.25) is 0 Å². The third kappa shape index (κ3) is 5.09.